The summed E-state index contributed by atoms with van der Waals surface area (Å²) in [6.45, 7) is 1.62. The van der Waals surface area contributed by atoms with Crippen molar-refractivity contribution in [3.8, 4) is 5.75 Å². The van der Waals surface area contributed by atoms with Crippen molar-refractivity contribution in [1.82, 2.24) is 4.90 Å². The maximum Gasteiger partial charge on any atom is 0.294 e. The summed E-state index contributed by atoms with van der Waals surface area (Å²) < 4.78 is 5.84. The van der Waals surface area contributed by atoms with E-state index in [1.165, 1.54) is 0 Å². The molecule has 0 atom stereocenters. The van der Waals surface area contributed by atoms with Gasteiger partial charge in [-0.05, 0) is 50.6 Å². The summed E-state index contributed by atoms with van der Waals surface area (Å²) in [7, 11) is 4.08. The molecule has 0 bridgehead atoms. The molecule has 2 aromatic rings. The zero-order chi connectivity index (χ0) is 16.2. The van der Waals surface area contributed by atoms with Gasteiger partial charge in [0, 0.05) is 17.5 Å². The zero-order valence-electron chi connectivity index (χ0n) is 13.8. The second-order valence-corrected chi connectivity index (χ2v) is 6.69. The Morgan fingerprint density at radius 1 is 1.21 bits per heavy atom. The molecular formula is C18H21ClN2O2S. The average Bonchev–Trinajstić information content (AvgIpc) is 3.03. The number of ether oxygens (including phenoxy) is 1. The van der Waals surface area contributed by atoms with Gasteiger partial charge in [0.2, 0.25) is 0 Å². The van der Waals surface area contributed by atoms with Gasteiger partial charge in [0.05, 0.1) is 5.69 Å². The molecule has 1 aromatic heterocycles. The summed E-state index contributed by atoms with van der Waals surface area (Å²) >= 11 is 1.59. The van der Waals surface area contributed by atoms with Crippen molar-refractivity contribution in [2.45, 2.75) is 6.42 Å². The highest BCUT2D eigenvalue weighted by molar-refractivity contribution is 7.10. The first kappa shape index (κ1) is 18.5. The molecular weight excluding hydrogens is 344 g/mol. The number of carbonyl (C=O) groups excluding carboxylic acids is 1. The van der Waals surface area contributed by atoms with E-state index in [1.807, 2.05) is 66.8 Å². The molecule has 0 saturated heterocycles. The number of hydrogen-bond acceptors (Lipinski definition) is 4. The fourth-order valence-electron chi connectivity index (χ4n) is 2.53. The van der Waals surface area contributed by atoms with E-state index in [-0.39, 0.29) is 18.3 Å². The Morgan fingerprint density at radius 3 is 2.71 bits per heavy atom. The van der Waals surface area contributed by atoms with Crippen LogP contribution in [0, 0.1) is 0 Å². The number of anilines is 1. The highest BCUT2D eigenvalue weighted by Gasteiger charge is 2.29. The number of rotatable bonds is 5. The normalized spacial score (nSPS) is 15.2. The van der Waals surface area contributed by atoms with Crippen molar-refractivity contribution >= 4 is 41.4 Å². The van der Waals surface area contributed by atoms with Gasteiger partial charge in [-0.3, -0.25) is 4.79 Å². The van der Waals surface area contributed by atoms with E-state index in [9.17, 15) is 4.79 Å². The van der Waals surface area contributed by atoms with Gasteiger partial charge in [0.25, 0.3) is 5.91 Å². The lowest BCUT2D eigenvalue weighted by atomic mass is 10.2. The first-order valence-electron chi connectivity index (χ1n) is 7.64. The van der Waals surface area contributed by atoms with E-state index < -0.39 is 0 Å². The molecule has 0 N–H and O–H groups in total. The second kappa shape index (κ2) is 8.33. The number of benzene rings is 1. The van der Waals surface area contributed by atoms with Gasteiger partial charge < -0.3 is 14.5 Å². The Morgan fingerprint density at radius 2 is 2.00 bits per heavy atom. The van der Waals surface area contributed by atoms with E-state index in [1.54, 1.807) is 11.3 Å². The molecule has 0 saturated carbocycles. The molecule has 0 spiro atoms. The zero-order valence-corrected chi connectivity index (χ0v) is 15.4. The molecule has 1 aromatic carbocycles. The molecule has 4 nitrogen and oxygen atoms in total. The van der Waals surface area contributed by atoms with Gasteiger partial charge in [0.15, 0.2) is 11.5 Å². The van der Waals surface area contributed by atoms with Gasteiger partial charge in [-0.25, -0.2) is 0 Å². The third-order valence-corrected chi connectivity index (χ3v) is 4.45. The van der Waals surface area contributed by atoms with Gasteiger partial charge >= 0.3 is 0 Å². The van der Waals surface area contributed by atoms with E-state index in [0.29, 0.717) is 12.3 Å². The SMILES string of the molecule is CN(C)CCCN1C(=O)/C(=C/c2cccs2)Oc2ccccc21.Cl. The Hall–Kier alpha value is -1.82. The summed E-state index contributed by atoms with van der Waals surface area (Å²) in [4.78, 5) is 17.8. The van der Waals surface area contributed by atoms with Crippen LogP contribution < -0.4 is 9.64 Å². The topological polar surface area (TPSA) is 32.8 Å². The van der Waals surface area contributed by atoms with Crippen LogP contribution in [0.2, 0.25) is 0 Å². The van der Waals surface area contributed by atoms with Crippen LogP contribution in [0.25, 0.3) is 6.08 Å². The van der Waals surface area contributed by atoms with Crippen LogP contribution in [0.3, 0.4) is 0 Å². The van der Waals surface area contributed by atoms with Crippen molar-refractivity contribution in [1.29, 1.82) is 0 Å². The minimum Gasteiger partial charge on any atom is -0.449 e. The minimum absolute atomic E-state index is 0. The van der Waals surface area contributed by atoms with E-state index in [0.717, 1.165) is 29.3 Å². The van der Waals surface area contributed by atoms with Crippen LogP contribution in [0.5, 0.6) is 5.75 Å². The number of nitrogens with zero attached hydrogens (tertiary/aromatic N) is 2. The standard InChI is InChI=1S/C18H20N2O2S.ClH/c1-19(2)10-6-11-20-15-8-3-4-9-16(15)22-17(18(20)21)13-14-7-5-12-23-14;/h3-5,7-9,12-13H,6,10-11H2,1-2H3;1H/b17-13-;. The average molecular weight is 365 g/mol. The number of para-hydroxylation sites is 2. The molecule has 128 valence electrons. The van der Waals surface area contributed by atoms with Crippen LogP contribution in [-0.2, 0) is 4.79 Å². The molecule has 3 rings (SSSR count). The lowest BCUT2D eigenvalue weighted by molar-refractivity contribution is -0.117. The molecule has 1 aliphatic heterocycles. The molecule has 24 heavy (non-hydrogen) atoms. The van der Waals surface area contributed by atoms with Gasteiger partial charge in [0.1, 0.15) is 0 Å². The molecule has 1 aliphatic rings. The third kappa shape index (κ3) is 4.17. The Bertz CT molecular complexity index is 714. The number of halogens is 1. The highest BCUT2D eigenvalue weighted by Crippen LogP contribution is 2.35. The molecule has 2 heterocycles. The summed E-state index contributed by atoms with van der Waals surface area (Å²) in [5, 5.41) is 1.99. The van der Waals surface area contributed by atoms with Crippen LogP contribution in [0.1, 0.15) is 11.3 Å². The number of amides is 1. The second-order valence-electron chi connectivity index (χ2n) is 5.71. The van der Waals surface area contributed by atoms with E-state index >= 15 is 0 Å². The minimum atomic E-state index is -0.0733. The van der Waals surface area contributed by atoms with E-state index in [4.69, 9.17) is 4.74 Å². The Kier molecular flexibility index (Phi) is 6.43. The Labute approximate surface area is 152 Å². The lowest BCUT2D eigenvalue weighted by Crippen LogP contribution is -2.38. The first-order chi connectivity index (χ1) is 11.1. The number of fused-ring (bicyclic) bond motifs is 1. The van der Waals surface area contributed by atoms with Crippen molar-refractivity contribution in [2.24, 2.45) is 0 Å². The predicted octanol–water partition coefficient (Wildman–Crippen LogP) is 3.89. The number of carbonyl (C=O) groups is 1. The lowest BCUT2D eigenvalue weighted by Gasteiger charge is -2.30. The van der Waals surface area contributed by atoms with Crippen LogP contribution >= 0.6 is 23.7 Å². The van der Waals surface area contributed by atoms with Crippen molar-refractivity contribution in [2.75, 3.05) is 32.1 Å². The fraction of sp³-hybridized carbons (Fsp3) is 0.278. The Balaban J connectivity index is 0.00000208. The molecule has 6 heteroatoms. The number of hydrogen-bond donors (Lipinski definition) is 0. The van der Waals surface area contributed by atoms with E-state index in [2.05, 4.69) is 4.90 Å². The van der Waals surface area contributed by atoms with Crippen molar-refractivity contribution in [3.05, 3.63) is 52.4 Å². The molecule has 0 radical (unpaired) electrons. The van der Waals surface area contributed by atoms with Crippen molar-refractivity contribution < 1.29 is 9.53 Å². The third-order valence-electron chi connectivity index (χ3n) is 3.64. The smallest absolute Gasteiger partial charge is 0.294 e. The maximum atomic E-state index is 12.8. The van der Waals surface area contributed by atoms with Crippen LogP contribution in [-0.4, -0.2) is 38.0 Å². The quantitative estimate of drug-likeness (QED) is 0.754. The summed E-state index contributed by atoms with van der Waals surface area (Å²) in [5.74, 6) is 1.05. The fourth-order valence-corrected chi connectivity index (χ4v) is 3.18. The summed E-state index contributed by atoms with van der Waals surface area (Å²) in [6, 6.07) is 11.6. The van der Waals surface area contributed by atoms with Gasteiger partial charge in [-0.1, -0.05) is 18.2 Å². The summed E-state index contributed by atoms with van der Waals surface area (Å²) in [5.41, 5.74) is 0.847. The molecule has 0 fully saturated rings. The monoisotopic (exact) mass is 364 g/mol. The van der Waals surface area contributed by atoms with Crippen LogP contribution in [0.4, 0.5) is 5.69 Å². The van der Waals surface area contributed by atoms with Crippen LogP contribution in [0.15, 0.2) is 47.5 Å². The molecule has 0 aliphatic carbocycles. The number of thiophene rings is 1. The highest BCUT2D eigenvalue weighted by atomic mass is 35.5. The molecule has 0 unspecified atom stereocenters. The van der Waals surface area contributed by atoms with Gasteiger partial charge in [-0.15, -0.1) is 23.7 Å². The predicted molar refractivity (Wildman–Crippen MR) is 102 cm³/mol. The van der Waals surface area contributed by atoms with Crippen molar-refractivity contribution in [3.63, 3.8) is 0 Å². The van der Waals surface area contributed by atoms with Gasteiger partial charge in [-0.2, -0.15) is 0 Å². The summed E-state index contributed by atoms with van der Waals surface area (Å²) in [6.07, 6.45) is 2.74. The molecule has 1 amide bonds. The largest absolute Gasteiger partial charge is 0.449 e. The maximum absolute atomic E-state index is 12.8. The first-order valence-corrected chi connectivity index (χ1v) is 8.52.